The molecule has 1 aromatic carbocycles. The Hall–Kier alpha value is -4.01. The average molecular weight is 570 g/mol. The van der Waals surface area contributed by atoms with Crippen LogP contribution in [0.2, 0.25) is 0 Å². The van der Waals surface area contributed by atoms with Crippen molar-refractivity contribution in [2.75, 3.05) is 17.7 Å². The number of nitrogen functional groups attached to an aromatic ring is 1. The Kier molecular flexibility index (Phi) is 7.19. The van der Waals surface area contributed by atoms with Gasteiger partial charge in [-0.05, 0) is 12.1 Å². The van der Waals surface area contributed by atoms with E-state index in [1.165, 1.54) is 17.0 Å². The van der Waals surface area contributed by atoms with Gasteiger partial charge in [-0.1, -0.05) is 39.3 Å². The molecular weight excluding hydrogens is 554 g/mol. The molecule has 0 aliphatic heterocycles. The Morgan fingerprint density at radius 2 is 2.03 bits per heavy atom. The molecule has 188 valence electrons. The van der Waals surface area contributed by atoms with Crippen LogP contribution >= 0.6 is 15.9 Å². The van der Waals surface area contributed by atoms with E-state index in [1.807, 2.05) is 0 Å². The van der Waals surface area contributed by atoms with Gasteiger partial charge in [-0.15, -0.1) is 0 Å². The summed E-state index contributed by atoms with van der Waals surface area (Å²) in [5.74, 6) is -0.527. The fourth-order valence-electron chi connectivity index (χ4n) is 2.99. The molecule has 3 N–H and O–H groups in total. The lowest BCUT2D eigenvalue weighted by atomic mass is 10.2. The number of alkyl halides is 4. The van der Waals surface area contributed by atoms with Crippen molar-refractivity contribution in [1.29, 1.82) is 0 Å². The number of ether oxygens (including phenoxy) is 1. The van der Waals surface area contributed by atoms with E-state index in [2.05, 4.69) is 46.2 Å². The molecule has 1 unspecified atom stereocenters. The number of amides is 1. The van der Waals surface area contributed by atoms with Crippen LogP contribution in [0.25, 0.3) is 22.9 Å². The summed E-state index contributed by atoms with van der Waals surface area (Å²) in [6, 6.07) is 9.41. The van der Waals surface area contributed by atoms with Crippen LogP contribution in [0.3, 0.4) is 0 Å². The van der Waals surface area contributed by atoms with Gasteiger partial charge >= 0.3 is 12.3 Å². The minimum Gasteiger partial charge on any atom is -0.448 e. The fourth-order valence-corrected chi connectivity index (χ4v) is 3.12. The summed E-state index contributed by atoms with van der Waals surface area (Å²) in [5, 5.41) is 10.5. The molecule has 1 amide bonds. The molecule has 36 heavy (non-hydrogen) atoms. The van der Waals surface area contributed by atoms with Crippen molar-refractivity contribution in [2.45, 2.75) is 17.5 Å². The Bertz CT molecular complexity index is 1360. The first-order valence-corrected chi connectivity index (χ1v) is 11.0. The number of nitrogens with one attached hydrogen (secondary N) is 1. The Balaban J connectivity index is 1.55. The number of nitrogens with zero attached hydrogens (tertiary/aromatic N) is 5. The van der Waals surface area contributed by atoms with Crippen LogP contribution in [0.4, 0.5) is 33.9 Å². The third-order valence-corrected chi connectivity index (χ3v) is 5.54. The summed E-state index contributed by atoms with van der Waals surface area (Å²) in [5.41, 5.74) is 7.38. The van der Waals surface area contributed by atoms with Gasteiger partial charge in [-0.25, -0.2) is 19.2 Å². The van der Waals surface area contributed by atoms with E-state index in [1.54, 1.807) is 30.3 Å². The van der Waals surface area contributed by atoms with Crippen LogP contribution in [0.1, 0.15) is 5.56 Å². The second kappa shape index (κ2) is 10.3. The highest BCUT2D eigenvalue weighted by atomic mass is 79.9. The molecule has 0 saturated heterocycles. The zero-order valence-electron chi connectivity index (χ0n) is 18.0. The Morgan fingerprint density at radius 3 is 2.69 bits per heavy atom. The standard InChI is InChI=1S/C21H16BrF4N7O3/c22-17(21(24,25)26)10-35-20(34)29-15-8-28-19(30-18(15)27)14-7-16(13-5-6-36-32-13)33(31-14)9-11-3-1-2-4-12(11)23/h1-8,17H,9-10H2,(H,29,34)(H2,27,28,30). The first-order valence-electron chi connectivity index (χ1n) is 10.1. The number of carbonyl (C=O) groups is 1. The van der Waals surface area contributed by atoms with Gasteiger partial charge in [0.1, 0.15) is 40.6 Å². The van der Waals surface area contributed by atoms with Crippen LogP contribution < -0.4 is 11.1 Å². The number of halogens is 5. The number of benzene rings is 1. The van der Waals surface area contributed by atoms with Crippen molar-refractivity contribution in [2.24, 2.45) is 0 Å². The van der Waals surface area contributed by atoms with E-state index >= 15 is 0 Å². The van der Waals surface area contributed by atoms with Crippen molar-refractivity contribution in [3.63, 3.8) is 0 Å². The summed E-state index contributed by atoms with van der Waals surface area (Å²) in [6.45, 7) is -0.874. The highest BCUT2D eigenvalue weighted by Gasteiger charge is 2.38. The van der Waals surface area contributed by atoms with Gasteiger partial charge in [0.2, 0.25) is 0 Å². The first-order chi connectivity index (χ1) is 17.1. The summed E-state index contributed by atoms with van der Waals surface area (Å²) < 4.78 is 62.7. The average Bonchev–Trinajstić information content (AvgIpc) is 3.50. The topological polar surface area (TPSA) is 134 Å². The predicted octanol–water partition coefficient (Wildman–Crippen LogP) is 4.64. The summed E-state index contributed by atoms with van der Waals surface area (Å²) in [4.78, 5) is 18.0. The lowest BCUT2D eigenvalue weighted by Gasteiger charge is -2.14. The number of hydrogen-bond acceptors (Lipinski definition) is 8. The number of anilines is 2. The van der Waals surface area contributed by atoms with E-state index in [4.69, 9.17) is 10.3 Å². The predicted molar refractivity (Wildman–Crippen MR) is 122 cm³/mol. The molecule has 3 heterocycles. The van der Waals surface area contributed by atoms with Crippen LogP contribution in [-0.2, 0) is 11.3 Å². The number of hydrogen-bond donors (Lipinski definition) is 2. The smallest absolute Gasteiger partial charge is 0.411 e. The molecule has 4 aromatic rings. The van der Waals surface area contributed by atoms with E-state index in [0.29, 0.717) is 17.0 Å². The molecule has 0 fully saturated rings. The molecule has 15 heteroatoms. The van der Waals surface area contributed by atoms with Crippen molar-refractivity contribution >= 4 is 33.5 Å². The first kappa shape index (κ1) is 25.1. The molecule has 0 saturated carbocycles. The molecule has 0 bridgehead atoms. The Labute approximate surface area is 208 Å². The third kappa shape index (κ3) is 5.79. The molecule has 1 atom stereocenters. The number of rotatable bonds is 7. The zero-order chi connectivity index (χ0) is 25.9. The SMILES string of the molecule is Nc1nc(-c2cc(-c3ccon3)n(Cc3ccccc3F)n2)ncc1NC(=O)OCC(Br)C(F)(F)F. The highest BCUT2D eigenvalue weighted by molar-refractivity contribution is 9.09. The summed E-state index contributed by atoms with van der Waals surface area (Å²) in [7, 11) is 0. The van der Waals surface area contributed by atoms with Crippen molar-refractivity contribution in [3.05, 3.63) is 60.2 Å². The Morgan fingerprint density at radius 1 is 1.25 bits per heavy atom. The summed E-state index contributed by atoms with van der Waals surface area (Å²) >= 11 is 2.39. The van der Waals surface area contributed by atoms with Gasteiger partial charge in [-0.3, -0.25) is 10.00 Å². The maximum atomic E-state index is 14.2. The van der Waals surface area contributed by atoms with Gasteiger partial charge in [0, 0.05) is 11.6 Å². The molecule has 3 aromatic heterocycles. The van der Waals surface area contributed by atoms with Crippen LogP contribution in [-0.4, -0.2) is 48.6 Å². The lowest BCUT2D eigenvalue weighted by Crippen LogP contribution is -2.30. The zero-order valence-corrected chi connectivity index (χ0v) is 19.6. The maximum Gasteiger partial charge on any atom is 0.411 e. The minimum atomic E-state index is -4.58. The number of aromatic nitrogens is 5. The molecule has 10 nitrogen and oxygen atoms in total. The molecule has 0 radical (unpaired) electrons. The van der Waals surface area contributed by atoms with Gasteiger partial charge in [0.15, 0.2) is 11.6 Å². The van der Waals surface area contributed by atoms with Gasteiger partial charge < -0.3 is 15.0 Å². The van der Waals surface area contributed by atoms with Crippen LogP contribution in [0, 0.1) is 5.82 Å². The molecule has 0 aliphatic rings. The van der Waals surface area contributed by atoms with Crippen LogP contribution in [0.15, 0.2) is 53.4 Å². The van der Waals surface area contributed by atoms with Crippen molar-refractivity contribution < 1.29 is 31.6 Å². The van der Waals surface area contributed by atoms with E-state index < -0.39 is 29.5 Å². The van der Waals surface area contributed by atoms with Crippen molar-refractivity contribution in [1.82, 2.24) is 24.9 Å². The van der Waals surface area contributed by atoms with Gasteiger partial charge in [0.05, 0.1) is 18.4 Å². The maximum absolute atomic E-state index is 14.2. The second-order valence-electron chi connectivity index (χ2n) is 7.27. The number of carbonyl (C=O) groups excluding carboxylic acids is 1. The monoisotopic (exact) mass is 569 g/mol. The molecular formula is C21H16BrF4N7O3. The molecule has 0 spiro atoms. The summed E-state index contributed by atoms with van der Waals surface area (Å²) in [6.07, 6.45) is -3.23. The largest absolute Gasteiger partial charge is 0.448 e. The lowest BCUT2D eigenvalue weighted by molar-refractivity contribution is -0.133. The quantitative estimate of drug-likeness (QED) is 0.243. The van der Waals surface area contributed by atoms with Gasteiger partial charge in [0.25, 0.3) is 0 Å². The molecule has 4 rings (SSSR count). The van der Waals surface area contributed by atoms with Crippen molar-refractivity contribution in [3.8, 4) is 22.9 Å². The normalized spacial score (nSPS) is 12.4. The van der Waals surface area contributed by atoms with E-state index in [9.17, 15) is 22.4 Å². The molecule has 0 aliphatic carbocycles. The minimum absolute atomic E-state index is 0.0704. The van der Waals surface area contributed by atoms with Gasteiger partial charge in [-0.2, -0.15) is 18.3 Å². The van der Waals surface area contributed by atoms with E-state index in [0.717, 1.165) is 6.20 Å². The van der Waals surface area contributed by atoms with Crippen LogP contribution in [0.5, 0.6) is 0 Å². The number of nitrogens with two attached hydrogens (primary N) is 1. The fraction of sp³-hybridized carbons (Fsp3) is 0.190. The highest BCUT2D eigenvalue weighted by Crippen LogP contribution is 2.28. The second-order valence-corrected chi connectivity index (χ2v) is 8.38. The third-order valence-electron chi connectivity index (χ3n) is 4.76. The van der Waals surface area contributed by atoms with E-state index in [-0.39, 0.29) is 29.6 Å².